The first-order valence-corrected chi connectivity index (χ1v) is 6.74. The molecule has 0 saturated heterocycles. The molecule has 3 nitrogen and oxygen atoms in total. The lowest BCUT2D eigenvalue weighted by Crippen LogP contribution is -2.19. The third-order valence-electron chi connectivity index (χ3n) is 2.97. The topological polar surface area (TPSA) is 37.8 Å². The van der Waals surface area contributed by atoms with Crippen LogP contribution in [0.1, 0.15) is 25.0 Å². The molecule has 19 heavy (non-hydrogen) atoms. The van der Waals surface area contributed by atoms with E-state index in [2.05, 4.69) is 48.2 Å². The molecule has 100 valence electrons. The lowest BCUT2D eigenvalue weighted by Gasteiger charge is -2.08. The van der Waals surface area contributed by atoms with Crippen LogP contribution in [-0.4, -0.2) is 16.5 Å². The highest BCUT2D eigenvalue weighted by molar-refractivity contribution is 5.59. The van der Waals surface area contributed by atoms with Gasteiger partial charge in [0.1, 0.15) is 0 Å². The van der Waals surface area contributed by atoms with Gasteiger partial charge in [-0.3, -0.25) is 0 Å². The van der Waals surface area contributed by atoms with Crippen LogP contribution in [-0.2, 0) is 6.54 Å². The number of rotatable bonds is 5. The fourth-order valence-corrected chi connectivity index (χ4v) is 1.91. The van der Waals surface area contributed by atoms with Crippen molar-refractivity contribution in [1.29, 1.82) is 0 Å². The van der Waals surface area contributed by atoms with E-state index in [0.29, 0.717) is 5.92 Å². The quantitative estimate of drug-likeness (QED) is 0.891. The van der Waals surface area contributed by atoms with E-state index < -0.39 is 0 Å². The number of hydrogen-bond donors (Lipinski definition) is 1. The molecule has 2 aromatic rings. The van der Waals surface area contributed by atoms with Crippen molar-refractivity contribution < 1.29 is 0 Å². The van der Waals surface area contributed by atoms with E-state index in [-0.39, 0.29) is 0 Å². The fourth-order valence-electron chi connectivity index (χ4n) is 1.91. The number of nitrogens with one attached hydrogen (secondary N) is 1. The third kappa shape index (κ3) is 3.86. The van der Waals surface area contributed by atoms with Crippen LogP contribution in [0.15, 0.2) is 36.7 Å². The summed E-state index contributed by atoms with van der Waals surface area (Å²) in [5.41, 5.74) is 3.43. The van der Waals surface area contributed by atoms with Crippen LogP contribution in [0.5, 0.6) is 0 Å². The van der Waals surface area contributed by atoms with Gasteiger partial charge in [0.2, 0.25) is 0 Å². The van der Waals surface area contributed by atoms with Gasteiger partial charge >= 0.3 is 0 Å². The van der Waals surface area contributed by atoms with Crippen LogP contribution in [0.4, 0.5) is 0 Å². The van der Waals surface area contributed by atoms with Crippen LogP contribution in [0.3, 0.4) is 0 Å². The van der Waals surface area contributed by atoms with Crippen molar-refractivity contribution in [2.45, 2.75) is 27.3 Å². The Morgan fingerprint density at radius 2 is 1.79 bits per heavy atom. The monoisotopic (exact) mass is 255 g/mol. The normalized spacial score (nSPS) is 10.9. The van der Waals surface area contributed by atoms with Crippen LogP contribution in [0.25, 0.3) is 11.4 Å². The Balaban J connectivity index is 2.04. The predicted molar refractivity (Wildman–Crippen MR) is 78.7 cm³/mol. The summed E-state index contributed by atoms with van der Waals surface area (Å²) in [4.78, 5) is 8.91. The average Bonchev–Trinajstić information content (AvgIpc) is 2.40. The number of nitrogens with zero attached hydrogens (tertiary/aromatic N) is 2. The van der Waals surface area contributed by atoms with Crippen molar-refractivity contribution >= 4 is 0 Å². The Labute approximate surface area is 115 Å². The maximum atomic E-state index is 4.46. The van der Waals surface area contributed by atoms with Gasteiger partial charge in [0.25, 0.3) is 0 Å². The molecule has 1 heterocycles. The van der Waals surface area contributed by atoms with Gasteiger partial charge < -0.3 is 5.32 Å². The molecule has 0 fully saturated rings. The molecule has 0 atom stereocenters. The molecule has 0 radical (unpaired) electrons. The first-order valence-electron chi connectivity index (χ1n) is 6.74. The van der Waals surface area contributed by atoms with Gasteiger partial charge in [-0.15, -0.1) is 0 Å². The van der Waals surface area contributed by atoms with Crippen LogP contribution >= 0.6 is 0 Å². The zero-order valence-corrected chi connectivity index (χ0v) is 11.9. The summed E-state index contributed by atoms with van der Waals surface area (Å²) in [5.74, 6) is 1.46. The summed E-state index contributed by atoms with van der Waals surface area (Å²) >= 11 is 0. The highest BCUT2D eigenvalue weighted by Gasteiger charge is 2.04. The molecule has 2 rings (SSSR count). The summed E-state index contributed by atoms with van der Waals surface area (Å²) in [5, 5.41) is 3.39. The van der Waals surface area contributed by atoms with Crippen molar-refractivity contribution in [1.82, 2.24) is 15.3 Å². The minimum atomic E-state index is 0.659. The molecule has 1 N–H and O–H groups in total. The Kier molecular flexibility index (Phi) is 4.63. The van der Waals surface area contributed by atoms with Crippen molar-refractivity contribution in [3.05, 3.63) is 47.8 Å². The second-order valence-corrected chi connectivity index (χ2v) is 5.25. The van der Waals surface area contributed by atoms with E-state index in [1.807, 2.05) is 24.5 Å². The second-order valence-electron chi connectivity index (χ2n) is 5.25. The number of benzene rings is 1. The minimum Gasteiger partial charge on any atom is -0.312 e. The molecule has 0 spiro atoms. The van der Waals surface area contributed by atoms with Crippen LogP contribution in [0.2, 0.25) is 0 Å². The average molecular weight is 255 g/mol. The Morgan fingerprint density at radius 3 is 2.42 bits per heavy atom. The van der Waals surface area contributed by atoms with Crippen LogP contribution < -0.4 is 5.32 Å². The van der Waals surface area contributed by atoms with Crippen molar-refractivity contribution in [3.8, 4) is 11.4 Å². The molecule has 0 unspecified atom stereocenters. The molecule has 0 aliphatic rings. The SMILES string of the molecule is Cc1ccccc1-c1ncc(CNCC(C)C)cn1. The maximum absolute atomic E-state index is 4.46. The first-order chi connectivity index (χ1) is 9.16. The molecule has 1 aromatic heterocycles. The van der Waals surface area contributed by atoms with Crippen molar-refractivity contribution in [3.63, 3.8) is 0 Å². The summed E-state index contributed by atoms with van der Waals surface area (Å²) in [6, 6.07) is 8.19. The van der Waals surface area contributed by atoms with Gasteiger partial charge in [0.05, 0.1) is 0 Å². The van der Waals surface area contributed by atoms with Gasteiger partial charge in [0, 0.05) is 30.1 Å². The Morgan fingerprint density at radius 1 is 1.11 bits per heavy atom. The lowest BCUT2D eigenvalue weighted by atomic mass is 10.1. The first kappa shape index (κ1) is 13.7. The molecule has 3 heteroatoms. The number of hydrogen-bond acceptors (Lipinski definition) is 3. The molecule has 0 bridgehead atoms. The van der Waals surface area contributed by atoms with E-state index in [1.54, 1.807) is 0 Å². The number of aryl methyl sites for hydroxylation is 1. The molecule has 0 saturated carbocycles. The van der Waals surface area contributed by atoms with E-state index in [1.165, 1.54) is 5.56 Å². The van der Waals surface area contributed by atoms with Crippen molar-refractivity contribution in [2.24, 2.45) is 5.92 Å². The largest absolute Gasteiger partial charge is 0.312 e. The van der Waals surface area contributed by atoms with Crippen molar-refractivity contribution in [2.75, 3.05) is 6.54 Å². The highest BCUT2D eigenvalue weighted by Crippen LogP contribution is 2.18. The molecule has 0 amide bonds. The lowest BCUT2D eigenvalue weighted by molar-refractivity contribution is 0.551. The zero-order valence-electron chi connectivity index (χ0n) is 11.9. The second kappa shape index (κ2) is 6.43. The summed E-state index contributed by atoms with van der Waals surface area (Å²) in [7, 11) is 0. The van der Waals surface area contributed by atoms with Gasteiger partial charge in [0.15, 0.2) is 5.82 Å². The van der Waals surface area contributed by atoms with E-state index in [4.69, 9.17) is 0 Å². The highest BCUT2D eigenvalue weighted by atomic mass is 14.9. The molecular weight excluding hydrogens is 234 g/mol. The molecular formula is C16H21N3. The smallest absolute Gasteiger partial charge is 0.159 e. The van der Waals surface area contributed by atoms with E-state index >= 15 is 0 Å². The Bertz CT molecular complexity index is 518. The van der Waals surface area contributed by atoms with Crippen LogP contribution in [0, 0.1) is 12.8 Å². The summed E-state index contributed by atoms with van der Waals surface area (Å²) in [6.07, 6.45) is 3.81. The molecule has 0 aliphatic carbocycles. The Hall–Kier alpha value is -1.74. The fraction of sp³-hybridized carbons (Fsp3) is 0.375. The predicted octanol–water partition coefficient (Wildman–Crippen LogP) is 3.20. The van der Waals surface area contributed by atoms with E-state index in [0.717, 1.165) is 30.0 Å². The third-order valence-corrected chi connectivity index (χ3v) is 2.97. The minimum absolute atomic E-state index is 0.659. The standard InChI is InChI=1S/C16H21N3/c1-12(2)8-17-9-14-10-18-16(19-11-14)15-7-5-4-6-13(15)3/h4-7,10-12,17H,8-9H2,1-3H3. The van der Waals surface area contributed by atoms with Gasteiger partial charge in [-0.1, -0.05) is 38.1 Å². The van der Waals surface area contributed by atoms with E-state index in [9.17, 15) is 0 Å². The molecule has 0 aliphatic heterocycles. The summed E-state index contributed by atoms with van der Waals surface area (Å²) < 4.78 is 0. The summed E-state index contributed by atoms with van der Waals surface area (Å²) in [6.45, 7) is 8.32. The van der Waals surface area contributed by atoms with Gasteiger partial charge in [-0.2, -0.15) is 0 Å². The zero-order chi connectivity index (χ0) is 13.7. The van der Waals surface area contributed by atoms with Gasteiger partial charge in [-0.05, 0) is 24.9 Å². The number of aromatic nitrogens is 2. The maximum Gasteiger partial charge on any atom is 0.159 e. The molecule has 1 aromatic carbocycles. The van der Waals surface area contributed by atoms with Gasteiger partial charge in [-0.25, -0.2) is 9.97 Å².